The summed E-state index contributed by atoms with van der Waals surface area (Å²) < 4.78 is 0. The van der Waals surface area contributed by atoms with Crippen LogP contribution in [0.3, 0.4) is 0 Å². The van der Waals surface area contributed by atoms with E-state index in [0.29, 0.717) is 22.7 Å². The second kappa shape index (κ2) is 15.4. The van der Waals surface area contributed by atoms with Gasteiger partial charge in [-0.2, -0.15) is 0 Å². The highest BCUT2D eigenvalue weighted by Gasteiger charge is 2.45. The summed E-state index contributed by atoms with van der Waals surface area (Å²) in [7, 11) is -1.50. The van der Waals surface area contributed by atoms with E-state index >= 15 is 0 Å². The highest BCUT2D eigenvalue weighted by Crippen LogP contribution is 2.60. The summed E-state index contributed by atoms with van der Waals surface area (Å²) in [5.74, 6) is 1.25. The lowest BCUT2D eigenvalue weighted by molar-refractivity contribution is 0.253. The zero-order valence-electron chi connectivity index (χ0n) is 36.3. The van der Waals surface area contributed by atoms with Crippen molar-refractivity contribution in [2.75, 3.05) is 0 Å². The van der Waals surface area contributed by atoms with Crippen molar-refractivity contribution in [3.63, 3.8) is 0 Å². The van der Waals surface area contributed by atoms with E-state index in [1.807, 2.05) is 0 Å². The number of fused-ring (bicyclic) bond motifs is 10. The van der Waals surface area contributed by atoms with Crippen LogP contribution in [0, 0.1) is 10.8 Å². The average Bonchev–Trinajstić information content (AvgIpc) is 3.93. The van der Waals surface area contributed by atoms with Crippen LogP contribution in [0.4, 0.5) is 0 Å². The first kappa shape index (κ1) is 38.8. The minimum Gasteiger partial charge on any atom is -0.0622 e. The number of hydrogen-bond donors (Lipinski definition) is 0. The fourth-order valence-electron chi connectivity index (χ4n) is 13.0. The van der Waals surface area contributed by atoms with Gasteiger partial charge in [0.1, 0.15) is 0 Å². The minimum atomic E-state index is -0.749. The Bertz CT molecular complexity index is 2670. The van der Waals surface area contributed by atoms with E-state index in [1.54, 1.807) is 22.3 Å². The van der Waals surface area contributed by atoms with E-state index in [-0.39, 0.29) is 0 Å². The average molecular weight is 839 g/mol. The smallest absolute Gasteiger partial charge is 0.00956 e. The van der Waals surface area contributed by atoms with Crippen molar-refractivity contribution in [1.29, 1.82) is 0 Å². The minimum absolute atomic E-state index is 0.394. The highest BCUT2D eigenvalue weighted by molar-refractivity contribution is 7.80. The fourth-order valence-corrected chi connectivity index (χ4v) is 17.7. The monoisotopic (exact) mass is 838 g/mol. The second-order valence-corrected chi connectivity index (χ2v) is 24.1. The van der Waals surface area contributed by atoms with Crippen molar-refractivity contribution in [3.8, 4) is 11.1 Å². The van der Waals surface area contributed by atoms with Crippen LogP contribution < -0.4 is 31.8 Å². The van der Waals surface area contributed by atoms with Crippen molar-refractivity contribution < 1.29 is 0 Å². The molecule has 0 radical (unpaired) electrons. The first-order valence-corrected chi connectivity index (χ1v) is 26.1. The number of aryl methyl sites for hydroxylation is 2. The third kappa shape index (κ3) is 6.38. The zero-order valence-corrected chi connectivity index (χ0v) is 38.1. The molecule has 0 bridgehead atoms. The summed E-state index contributed by atoms with van der Waals surface area (Å²) in [6.07, 6.45) is 13.0. The van der Waals surface area contributed by atoms with Gasteiger partial charge in [-0.15, -0.1) is 0 Å². The van der Waals surface area contributed by atoms with Gasteiger partial charge in [0.25, 0.3) is 0 Å². The normalized spacial score (nSPS) is 22.8. The lowest BCUT2D eigenvalue weighted by Gasteiger charge is -2.40. The molecule has 2 unspecified atom stereocenters. The van der Waals surface area contributed by atoms with Crippen LogP contribution in [0.5, 0.6) is 0 Å². The van der Waals surface area contributed by atoms with Crippen LogP contribution in [0.1, 0.15) is 99.3 Å². The second-order valence-electron chi connectivity index (χ2n) is 19.7. The molecule has 0 aromatic heterocycles. The van der Waals surface area contributed by atoms with Crippen molar-refractivity contribution in [2.24, 2.45) is 10.8 Å². The molecule has 4 atom stereocenters. The van der Waals surface area contributed by atoms with Gasteiger partial charge in [-0.1, -0.05) is 172 Å². The molecule has 8 aromatic rings. The Morgan fingerprint density at radius 1 is 0.371 bits per heavy atom. The standard InChI is InChI=1S/C60H56P2/c1-59-33-15-25-57(59)55-39-53(51-37-45(27-29-47(51)49(55)31-35-59)61(41-17-7-3-8-18-41)42-19-9-4-10-20-42)54-40-56-50(32-36-60(2)34-16-26-58(56)60)48-30-28-46(38-52(48)54)62(43-21-11-5-12-22-43)44-23-13-6-14-24-44/h3-14,17-24,27-30,37-40,57-58H,15-16,25-26,31-36H2,1-2H3/t57?,58?,59-,60-/m0/s1. The van der Waals surface area contributed by atoms with Crippen molar-refractivity contribution in [3.05, 3.63) is 192 Å². The Morgan fingerprint density at radius 3 is 1.08 bits per heavy atom. The summed E-state index contributed by atoms with van der Waals surface area (Å²) in [4.78, 5) is 0. The molecule has 4 aliphatic carbocycles. The first-order chi connectivity index (χ1) is 30.5. The molecular formula is C60H56P2. The van der Waals surface area contributed by atoms with Crippen LogP contribution in [0.15, 0.2) is 170 Å². The third-order valence-electron chi connectivity index (χ3n) is 16.2. The highest BCUT2D eigenvalue weighted by atomic mass is 31.1. The number of hydrogen-bond acceptors (Lipinski definition) is 0. The molecule has 2 heteroatoms. The van der Waals surface area contributed by atoms with Gasteiger partial charge in [0.15, 0.2) is 0 Å². The SMILES string of the molecule is C[C@@]12CCCC1c1cc(-c3cc4c(c5ccc(P(c6ccccc6)c6ccccc6)cc35)CC[C@]3(C)CCCC43)c3cc(P(c4ccccc4)c4ccccc4)ccc3c1CC2. The van der Waals surface area contributed by atoms with E-state index in [0.717, 1.165) is 0 Å². The van der Waals surface area contributed by atoms with E-state index in [2.05, 4.69) is 184 Å². The lowest BCUT2D eigenvalue weighted by atomic mass is 9.64. The maximum absolute atomic E-state index is 2.77. The summed E-state index contributed by atoms with van der Waals surface area (Å²) in [5.41, 5.74) is 10.3. The quantitative estimate of drug-likeness (QED) is 0.140. The molecule has 2 saturated carbocycles. The van der Waals surface area contributed by atoms with E-state index in [1.165, 1.54) is 129 Å². The molecule has 0 N–H and O–H groups in total. The van der Waals surface area contributed by atoms with Crippen LogP contribution in [-0.4, -0.2) is 0 Å². The Kier molecular flexibility index (Phi) is 9.66. The van der Waals surface area contributed by atoms with Crippen LogP contribution in [-0.2, 0) is 12.8 Å². The molecule has 0 spiro atoms. The molecule has 0 saturated heterocycles. The maximum Gasteiger partial charge on any atom is -0.00956 e. The molecule has 0 nitrogen and oxygen atoms in total. The predicted molar refractivity (Wildman–Crippen MR) is 270 cm³/mol. The summed E-state index contributed by atoms with van der Waals surface area (Å²) in [5, 5.41) is 14.4. The maximum atomic E-state index is 2.77. The van der Waals surface area contributed by atoms with Gasteiger partial charge >= 0.3 is 0 Å². The predicted octanol–water partition coefficient (Wildman–Crippen LogP) is 13.6. The molecule has 0 amide bonds. The number of benzene rings is 8. The van der Waals surface area contributed by atoms with Gasteiger partial charge in [0, 0.05) is 0 Å². The van der Waals surface area contributed by atoms with Crippen LogP contribution in [0.25, 0.3) is 32.7 Å². The molecular weight excluding hydrogens is 783 g/mol. The van der Waals surface area contributed by atoms with Gasteiger partial charge in [-0.05, 0) is 201 Å². The fraction of sp³-hybridized carbons (Fsp3) is 0.267. The Balaban J connectivity index is 1.17. The molecule has 0 heterocycles. The Hall–Kier alpha value is -4.86. The van der Waals surface area contributed by atoms with Crippen molar-refractivity contribution >= 4 is 69.2 Å². The van der Waals surface area contributed by atoms with E-state index in [4.69, 9.17) is 0 Å². The topological polar surface area (TPSA) is 0 Å². The summed E-state index contributed by atoms with van der Waals surface area (Å²) >= 11 is 0. The molecule has 4 aliphatic rings. The molecule has 0 aliphatic heterocycles. The summed E-state index contributed by atoms with van der Waals surface area (Å²) in [6.45, 7) is 5.23. The Morgan fingerprint density at radius 2 is 0.726 bits per heavy atom. The van der Waals surface area contributed by atoms with Gasteiger partial charge < -0.3 is 0 Å². The molecule has 8 aromatic carbocycles. The molecule has 62 heavy (non-hydrogen) atoms. The molecule has 306 valence electrons. The molecule has 2 fully saturated rings. The van der Waals surface area contributed by atoms with E-state index < -0.39 is 15.8 Å². The van der Waals surface area contributed by atoms with Gasteiger partial charge in [0.2, 0.25) is 0 Å². The van der Waals surface area contributed by atoms with Gasteiger partial charge in [-0.25, -0.2) is 0 Å². The largest absolute Gasteiger partial charge is 0.0622 e. The summed E-state index contributed by atoms with van der Waals surface area (Å²) in [6, 6.07) is 66.3. The molecule has 12 rings (SSSR count). The van der Waals surface area contributed by atoms with Crippen LogP contribution in [0.2, 0.25) is 0 Å². The first-order valence-electron chi connectivity index (χ1n) is 23.5. The van der Waals surface area contributed by atoms with E-state index in [9.17, 15) is 0 Å². The van der Waals surface area contributed by atoms with Crippen LogP contribution >= 0.6 is 15.8 Å². The van der Waals surface area contributed by atoms with Crippen molar-refractivity contribution in [2.45, 2.75) is 89.9 Å². The Labute approximate surface area is 371 Å². The number of rotatable bonds is 7. The van der Waals surface area contributed by atoms with Crippen molar-refractivity contribution in [1.82, 2.24) is 0 Å². The van der Waals surface area contributed by atoms with Gasteiger partial charge in [0.05, 0.1) is 0 Å². The third-order valence-corrected chi connectivity index (χ3v) is 21.1. The van der Waals surface area contributed by atoms with Gasteiger partial charge in [-0.3, -0.25) is 0 Å². The zero-order chi connectivity index (χ0) is 41.4. The lowest BCUT2D eigenvalue weighted by Crippen LogP contribution is -2.27.